The molecule has 1 saturated carbocycles. The molecule has 1 aliphatic heterocycles. The van der Waals surface area contributed by atoms with Gasteiger partial charge in [0.15, 0.2) is 5.65 Å². The van der Waals surface area contributed by atoms with E-state index in [0.29, 0.717) is 28.6 Å². The molecule has 25 heavy (non-hydrogen) atoms. The number of carbonyl (C=O) groups excluding carboxylic acids is 1. The Kier molecular flexibility index (Phi) is 3.10. The second-order valence-electron chi connectivity index (χ2n) is 6.70. The Bertz CT molecular complexity index is 992. The first kappa shape index (κ1) is 14.5. The average molecular weight is 337 g/mol. The molecule has 0 spiro atoms. The fourth-order valence-corrected chi connectivity index (χ4v) is 3.96. The van der Waals surface area contributed by atoms with E-state index in [1.165, 1.54) is 31.3 Å². The van der Waals surface area contributed by atoms with Crippen molar-refractivity contribution in [2.75, 3.05) is 5.32 Å². The summed E-state index contributed by atoms with van der Waals surface area (Å²) >= 11 is 0. The van der Waals surface area contributed by atoms with Crippen LogP contribution in [0.3, 0.4) is 0 Å². The highest BCUT2D eigenvalue weighted by Crippen LogP contribution is 2.39. The van der Waals surface area contributed by atoms with Gasteiger partial charge in [-0.15, -0.1) is 0 Å². The highest BCUT2D eigenvalue weighted by molar-refractivity contribution is 6.06. The molecule has 6 nitrogen and oxygen atoms in total. The summed E-state index contributed by atoms with van der Waals surface area (Å²) in [6.07, 6.45) is 7.98. The van der Waals surface area contributed by atoms with Crippen LogP contribution < -0.4 is 5.32 Å². The van der Waals surface area contributed by atoms with Crippen LogP contribution in [0.2, 0.25) is 0 Å². The Morgan fingerprint density at radius 1 is 1.20 bits per heavy atom. The van der Waals surface area contributed by atoms with Gasteiger partial charge in [-0.2, -0.15) is 5.10 Å². The van der Waals surface area contributed by atoms with Gasteiger partial charge in [-0.25, -0.2) is 14.4 Å². The lowest BCUT2D eigenvalue weighted by atomic mass is 9.95. The lowest BCUT2D eigenvalue weighted by molar-refractivity contribution is -0.116. The van der Waals surface area contributed by atoms with E-state index in [0.717, 1.165) is 18.2 Å². The molecule has 0 saturated heterocycles. The van der Waals surface area contributed by atoms with Crippen molar-refractivity contribution >= 4 is 22.6 Å². The topological polar surface area (TPSA) is 72.7 Å². The van der Waals surface area contributed by atoms with E-state index in [1.54, 1.807) is 6.07 Å². The summed E-state index contributed by atoms with van der Waals surface area (Å²) in [6.45, 7) is 0. The number of carbonyl (C=O) groups is 1. The standard InChI is InChI=1S/C18H16FN5O/c19-10-5-6-14-12(7-10)15(18(25)22-14)16-13-8-24(11-3-1-2-4-11)23-17(13)21-9-20-16/h5-9,11,15H,1-4H2,(H,22,25). The zero-order chi connectivity index (χ0) is 17.0. The third-order valence-corrected chi connectivity index (χ3v) is 5.18. The molecular formula is C18H16FN5O. The summed E-state index contributed by atoms with van der Waals surface area (Å²) in [5, 5.41) is 8.15. The smallest absolute Gasteiger partial charge is 0.238 e. The van der Waals surface area contributed by atoms with Gasteiger partial charge in [0.05, 0.1) is 17.1 Å². The van der Waals surface area contributed by atoms with E-state index < -0.39 is 5.92 Å². The van der Waals surface area contributed by atoms with Crippen LogP contribution in [-0.2, 0) is 4.79 Å². The highest BCUT2D eigenvalue weighted by Gasteiger charge is 2.35. The number of aromatic nitrogens is 4. The largest absolute Gasteiger partial charge is 0.325 e. The van der Waals surface area contributed by atoms with Crippen molar-refractivity contribution in [3.05, 3.63) is 47.8 Å². The van der Waals surface area contributed by atoms with Crippen molar-refractivity contribution in [3.63, 3.8) is 0 Å². The quantitative estimate of drug-likeness (QED) is 0.779. The Hall–Kier alpha value is -2.83. The maximum absolute atomic E-state index is 13.7. The van der Waals surface area contributed by atoms with Crippen LogP contribution in [0.25, 0.3) is 11.0 Å². The molecule has 5 rings (SSSR count). The number of hydrogen-bond acceptors (Lipinski definition) is 4. The Balaban J connectivity index is 1.66. The van der Waals surface area contributed by atoms with E-state index in [1.807, 2.05) is 10.9 Å². The van der Waals surface area contributed by atoms with Crippen molar-refractivity contribution < 1.29 is 9.18 Å². The molecule has 7 heteroatoms. The zero-order valence-electron chi connectivity index (χ0n) is 13.4. The number of amides is 1. The molecule has 1 fully saturated rings. The molecule has 126 valence electrons. The molecule has 3 heterocycles. The number of hydrogen-bond donors (Lipinski definition) is 1. The van der Waals surface area contributed by atoms with Gasteiger partial charge in [-0.1, -0.05) is 12.8 Å². The Morgan fingerprint density at radius 2 is 2.04 bits per heavy atom. The minimum Gasteiger partial charge on any atom is -0.325 e. The summed E-state index contributed by atoms with van der Waals surface area (Å²) in [5.41, 5.74) is 2.40. The minimum atomic E-state index is -0.641. The summed E-state index contributed by atoms with van der Waals surface area (Å²) < 4.78 is 15.7. The molecule has 1 aliphatic carbocycles. The molecule has 1 N–H and O–H groups in total. The molecule has 2 aromatic heterocycles. The summed E-state index contributed by atoms with van der Waals surface area (Å²) in [7, 11) is 0. The van der Waals surface area contributed by atoms with Crippen LogP contribution in [0, 0.1) is 5.82 Å². The minimum absolute atomic E-state index is 0.200. The first-order valence-corrected chi connectivity index (χ1v) is 8.51. The molecule has 1 unspecified atom stereocenters. The third-order valence-electron chi connectivity index (χ3n) is 5.18. The number of fused-ring (bicyclic) bond motifs is 2. The highest BCUT2D eigenvalue weighted by atomic mass is 19.1. The number of nitrogens with zero attached hydrogens (tertiary/aromatic N) is 4. The maximum atomic E-state index is 13.7. The Morgan fingerprint density at radius 3 is 2.88 bits per heavy atom. The van der Waals surface area contributed by atoms with Gasteiger partial charge in [-0.3, -0.25) is 9.48 Å². The van der Waals surface area contributed by atoms with E-state index in [-0.39, 0.29) is 11.7 Å². The van der Waals surface area contributed by atoms with Crippen LogP contribution in [0.1, 0.15) is 48.9 Å². The van der Waals surface area contributed by atoms with E-state index >= 15 is 0 Å². The van der Waals surface area contributed by atoms with Gasteiger partial charge < -0.3 is 5.32 Å². The van der Waals surface area contributed by atoms with Crippen molar-refractivity contribution in [1.29, 1.82) is 0 Å². The predicted molar refractivity (Wildman–Crippen MR) is 89.7 cm³/mol. The maximum Gasteiger partial charge on any atom is 0.238 e. The molecule has 0 radical (unpaired) electrons. The second-order valence-corrected chi connectivity index (χ2v) is 6.70. The first-order chi connectivity index (χ1) is 12.2. The normalized spacial score (nSPS) is 20.2. The van der Waals surface area contributed by atoms with Gasteiger partial charge in [-0.05, 0) is 36.6 Å². The number of rotatable bonds is 2. The van der Waals surface area contributed by atoms with Gasteiger partial charge in [0.2, 0.25) is 5.91 Å². The number of anilines is 1. The fraction of sp³-hybridized carbons (Fsp3) is 0.333. The summed E-state index contributed by atoms with van der Waals surface area (Å²) in [6, 6.07) is 4.70. The van der Waals surface area contributed by atoms with Crippen molar-refractivity contribution in [2.24, 2.45) is 0 Å². The SMILES string of the molecule is O=C1Nc2ccc(F)cc2C1c1ncnc2nn(C3CCCC3)cc12. The Labute approximate surface area is 143 Å². The van der Waals surface area contributed by atoms with Gasteiger partial charge >= 0.3 is 0 Å². The van der Waals surface area contributed by atoms with Gasteiger partial charge in [0.1, 0.15) is 18.1 Å². The molecule has 2 aliphatic rings. The third kappa shape index (κ3) is 2.22. The van der Waals surface area contributed by atoms with Crippen LogP contribution in [-0.4, -0.2) is 25.7 Å². The van der Waals surface area contributed by atoms with Gasteiger partial charge in [0, 0.05) is 11.9 Å². The van der Waals surface area contributed by atoms with E-state index in [9.17, 15) is 9.18 Å². The monoisotopic (exact) mass is 337 g/mol. The molecule has 0 bridgehead atoms. The van der Waals surface area contributed by atoms with Crippen LogP contribution in [0.15, 0.2) is 30.7 Å². The molecule has 3 aromatic rings. The summed E-state index contributed by atoms with van der Waals surface area (Å²) in [4.78, 5) is 21.1. The van der Waals surface area contributed by atoms with Gasteiger partial charge in [0.25, 0.3) is 0 Å². The lowest BCUT2D eigenvalue weighted by Crippen LogP contribution is -2.15. The zero-order valence-corrected chi connectivity index (χ0v) is 13.4. The van der Waals surface area contributed by atoms with Crippen LogP contribution in [0.5, 0.6) is 0 Å². The molecular weight excluding hydrogens is 321 g/mol. The summed E-state index contributed by atoms with van der Waals surface area (Å²) in [5.74, 6) is -1.21. The second kappa shape index (κ2) is 5.34. The molecule has 1 aromatic carbocycles. The number of benzene rings is 1. The van der Waals surface area contributed by atoms with Crippen molar-refractivity contribution in [3.8, 4) is 0 Å². The molecule has 1 amide bonds. The fourth-order valence-electron chi connectivity index (χ4n) is 3.96. The van der Waals surface area contributed by atoms with Crippen LogP contribution >= 0.6 is 0 Å². The van der Waals surface area contributed by atoms with E-state index in [4.69, 9.17) is 0 Å². The predicted octanol–water partition coefficient (Wildman–Crippen LogP) is 3.16. The molecule has 1 atom stereocenters. The average Bonchev–Trinajstić information content (AvgIpc) is 3.31. The lowest BCUT2D eigenvalue weighted by Gasteiger charge is -2.09. The van der Waals surface area contributed by atoms with Crippen LogP contribution in [0.4, 0.5) is 10.1 Å². The van der Waals surface area contributed by atoms with Crippen molar-refractivity contribution in [1.82, 2.24) is 19.7 Å². The van der Waals surface area contributed by atoms with E-state index in [2.05, 4.69) is 20.4 Å². The van der Waals surface area contributed by atoms with Crippen molar-refractivity contribution in [2.45, 2.75) is 37.6 Å². The first-order valence-electron chi connectivity index (χ1n) is 8.51. The number of halogens is 1. The number of nitrogens with one attached hydrogen (secondary N) is 1.